The van der Waals surface area contributed by atoms with Gasteiger partial charge in [-0.3, -0.25) is 0 Å². The average Bonchev–Trinajstić information content (AvgIpc) is 0.811. The van der Waals surface area contributed by atoms with E-state index >= 15 is 0 Å². The molecule has 0 nitrogen and oxygen atoms in total. The van der Waals surface area contributed by atoms with Crippen LogP contribution in [0, 0.1) is 5.92 Å². The predicted molar refractivity (Wildman–Crippen MR) is 38.0 cm³/mol. The molecule has 0 amide bonds. The van der Waals surface area contributed by atoms with Crippen molar-refractivity contribution in [3.8, 4) is 0 Å². The summed E-state index contributed by atoms with van der Waals surface area (Å²) < 4.78 is 0. The molecule has 0 saturated heterocycles. The van der Waals surface area contributed by atoms with Crippen LogP contribution < -0.4 is 0 Å². The van der Waals surface area contributed by atoms with Crippen molar-refractivity contribution in [3.05, 3.63) is 0 Å². The quantitative estimate of drug-likeness (QED) is 0.416. The van der Waals surface area contributed by atoms with Crippen LogP contribution in [0.15, 0.2) is 0 Å². The first-order valence-corrected chi connectivity index (χ1v) is 1.73. The van der Waals surface area contributed by atoms with E-state index in [9.17, 15) is 0 Å². The molecule has 0 aliphatic rings. The Hall–Kier alpha value is 1.35. The summed E-state index contributed by atoms with van der Waals surface area (Å²) in [4.78, 5) is 0. The van der Waals surface area contributed by atoms with Crippen LogP contribution in [0.1, 0.15) is 20.8 Å². The van der Waals surface area contributed by atoms with Crippen LogP contribution >= 0.6 is 13.5 Å². The molecule has 0 aromatic heterocycles. The van der Waals surface area contributed by atoms with Crippen LogP contribution in [-0.2, 0) is 0 Å². The maximum absolute atomic E-state index is 2.17. The molecule has 6 heavy (non-hydrogen) atoms. The Labute approximate surface area is 69.4 Å². The van der Waals surface area contributed by atoms with E-state index in [1.807, 2.05) is 0 Å². The van der Waals surface area contributed by atoms with E-state index in [2.05, 4.69) is 20.8 Å². The first kappa shape index (κ1) is 15.7. The molecule has 36 valence electrons. The molecule has 0 aromatic rings. The van der Waals surface area contributed by atoms with Crippen molar-refractivity contribution in [1.29, 1.82) is 0 Å². The Morgan fingerprint density at radius 1 is 1.00 bits per heavy atom. The molecule has 0 radical (unpaired) electrons. The predicted octanol–water partition coefficient (Wildman–Crippen LogP) is 1.13. The average molecular weight is 116 g/mol. The van der Waals surface area contributed by atoms with E-state index in [1.165, 1.54) is 0 Å². The van der Waals surface area contributed by atoms with Gasteiger partial charge >= 0.3 is 29.6 Å². The molecule has 0 N–H and O–H groups in total. The fourth-order valence-corrected chi connectivity index (χ4v) is 0. The molecule has 2 heteroatoms. The van der Waals surface area contributed by atoms with Crippen LogP contribution in [0.5, 0.6) is 0 Å². The summed E-state index contributed by atoms with van der Waals surface area (Å²) >= 11 is 0. The van der Waals surface area contributed by atoms with E-state index in [0.717, 1.165) is 5.92 Å². The van der Waals surface area contributed by atoms with Crippen LogP contribution in [0.3, 0.4) is 0 Å². The second-order valence-corrected chi connectivity index (χ2v) is 1.73. The third-order valence-electron chi connectivity index (χ3n) is 0. The summed E-state index contributed by atoms with van der Waals surface area (Å²) in [6, 6.07) is 0. The van der Waals surface area contributed by atoms with Crippen molar-refractivity contribution in [2.75, 3.05) is 0 Å². The Bertz CT molecular complexity index is 12.3. The monoisotopic (exact) mass is 116 g/mol. The third kappa shape index (κ3) is 55.5. The van der Waals surface area contributed by atoms with Crippen LogP contribution in [0.2, 0.25) is 0 Å². The maximum atomic E-state index is 2.17. The van der Waals surface area contributed by atoms with Crippen molar-refractivity contribution in [2.24, 2.45) is 5.92 Å². The molecule has 0 saturated carbocycles. The zero-order chi connectivity index (χ0) is 3.58. The molecule has 0 unspecified atom stereocenters. The molecular weight excluding hydrogens is 103 g/mol. The van der Waals surface area contributed by atoms with Gasteiger partial charge in [-0.25, -0.2) is 0 Å². The van der Waals surface area contributed by atoms with Gasteiger partial charge in [0, 0.05) is 0 Å². The van der Waals surface area contributed by atoms with E-state index in [1.54, 1.807) is 0 Å². The summed E-state index contributed by atoms with van der Waals surface area (Å²) in [7, 11) is 0. The molecule has 0 aromatic carbocycles. The van der Waals surface area contributed by atoms with Gasteiger partial charge in [0.1, 0.15) is 0 Å². The SMILES string of the molecule is CC(C)C.S.[NaH]. The molecule has 0 rings (SSSR count). The van der Waals surface area contributed by atoms with Crippen molar-refractivity contribution in [3.63, 3.8) is 0 Å². The van der Waals surface area contributed by atoms with Gasteiger partial charge in [0.05, 0.1) is 0 Å². The van der Waals surface area contributed by atoms with Crippen molar-refractivity contribution >= 4 is 43.1 Å². The van der Waals surface area contributed by atoms with Gasteiger partial charge in [-0.05, 0) is 5.92 Å². The van der Waals surface area contributed by atoms with E-state index in [-0.39, 0.29) is 43.1 Å². The molecular formula is C4H13NaS. The molecule has 0 spiro atoms. The van der Waals surface area contributed by atoms with Gasteiger partial charge in [0.2, 0.25) is 0 Å². The van der Waals surface area contributed by atoms with E-state index < -0.39 is 0 Å². The van der Waals surface area contributed by atoms with Crippen molar-refractivity contribution in [2.45, 2.75) is 20.8 Å². The minimum absolute atomic E-state index is 0. The van der Waals surface area contributed by atoms with Gasteiger partial charge in [-0.2, -0.15) is 13.5 Å². The summed E-state index contributed by atoms with van der Waals surface area (Å²) in [6.45, 7) is 6.50. The Morgan fingerprint density at radius 3 is 1.00 bits per heavy atom. The van der Waals surface area contributed by atoms with E-state index in [0.29, 0.717) is 0 Å². The summed E-state index contributed by atoms with van der Waals surface area (Å²) in [6.07, 6.45) is 0. The molecule has 0 aliphatic carbocycles. The van der Waals surface area contributed by atoms with Gasteiger partial charge in [0.15, 0.2) is 0 Å². The summed E-state index contributed by atoms with van der Waals surface area (Å²) in [5.41, 5.74) is 0. The standard InChI is InChI=1S/C4H10.Na.H2S.H/c1-4(2)3;;;/h4H,1-3H3;;1H2;. The molecule has 0 aliphatic heterocycles. The second-order valence-electron chi connectivity index (χ2n) is 1.73. The molecule has 0 bridgehead atoms. The molecule has 0 atom stereocenters. The Balaban J connectivity index is -0.0000000450. The molecule has 0 heterocycles. The number of hydrogen-bond donors (Lipinski definition) is 0. The molecule has 0 fully saturated rings. The first-order valence-electron chi connectivity index (χ1n) is 1.73. The normalized spacial score (nSPS) is 6.00. The number of rotatable bonds is 0. The summed E-state index contributed by atoms with van der Waals surface area (Å²) in [5.74, 6) is 0.833. The minimum atomic E-state index is 0. The van der Waals surface area contributed by atoms with Gasteiger partial charge in [0.25, 0.3) is 0 Å². The zero-order valence-electron chi connectivity index (χ0n) is 4.08. The topological polar surface area (TPSA) is 0 Å². The number of hydrogen-bond acceptors (Lipinski definition) is 0. The van der Waals surface area contributed by atoms with Crippen molar-refractivity contribution in [1.82, 2.24) is 0 Å². The van der Waals surface area contributed by atoms with Crippen LogP contribution in [-0.4, -0.2) is 29.6 Å². The second kappa shape index (κ2) is 9.61. The Morgan fingerprint density at radius 2 is 1.00 bits per heavy atom. The van der Waals surface area contributed by atoms with Crippen LogP contribution in [0.4, 0.5) is 0 Å². The third-order valence-corrected chi connectivity index (χ3v) is 0. The fourth-order valence-electron chi connectivity index (χ4n) is 0. The van der Waals surface area contributed by atoms with Gasteiger partial charge in [-0.15, -0.1) is 0 Å². The van der Waals surface area contributed by atoms with Gasteiger partial charge < -0.3 is 0 Å². The first-order chi connectivity index (χ1) is 1.73. The van der Waals surface area contributed by atoms with Crippen molar-refractivity contribution < 1.29 is 0 Å². The fraction of sp³-hybridized carbons (Fsp3) is 1.00. The Kier molecular flexibility index (Phi) is 25.1. The summed E-state index contributed by atoms with van der Waals surface area (Å²) in [5, 5.41) is 0. The van der Waals surface area contributed by atoms with Crippen LogP contribution in [0.25, 0.3) is 0 Å². The van der Waals surface area contributed by atoms with E-state index in [4.69, 9.17) is 0 Å². The van der Waals surface area contributed by atoms with Gasteiger partial charge in [-0.1, -0.05) is 20.8 Å². The zero-order valence-corrected chi connectivity index (χ0v) is 5.08.